The Morgan fingerprint density at radius 1 is 0.976 bits per heavy atom. The Kier molecular flexibility index (Phi) is 10.7. The minimum Gasteiger partial charge on any atom is -0.321 e. The highest BCUT2D eigenvalue weighted by Crippen LogP contribution is 2.27. The van der Waals surface area contributed by atoms with Crippen molar-refractivity contribution in [2.45, 2.75) is 36.1 Å². The van der Waals surface area contributed by atoms with E-state index in [0.717, 1.165) is 33.3 Å². The molecular formula is C30H29N5O3S3. The number of anilines is 2. The number of hydrogen-bond acceptors (Lipinski definition) is 8. The number of carbonyl (C=O) groups is 3. The van der Waals surface area contributed by atoms with Crippen LogP contribution in [0.5, 0.6) is 0 Å². The molecule has 0 spiro atoms. The maximum absolute atomic E-state index is 13.4. The van der Waals surface area contributed by atoms with Gasteiger partial charge in [0.2, 0.25) is 16.2 Å². The summed E-state index contributed by atoms with van der Waals surface area (Å²) in [6.45, 7) is 5.78. The first kappa shape index (κ1) is 30.0. The largest absolute Gasteiger partial charge is 0.321 e. The van der Waals surface area contributed by atoms with Crippen LogP contribution in [0.1, 0.15) is 35.3 Å². The minimum atomic E-state index is -0.472. The average Bonchev–Trinajstić information content (AvgIpc) is 3.40. The van der Waals surface area contributed by atoms with E-state index in [-0.39, 0.29) is 17.5 Å². The van der Waals surface area contributed by atoms with Gasteiger partial charge in [0.05, 0.1) is 5.25 Å². The summed E-state index contributed by atoms with van der Waals surface area (Å²) in [7, 11) is 0. The van der Waals surface area contributed by atoms with Crippen LogP contribution in [0.25, 0.3) is 6.08 Å². The third-order valence-corrected chi connectivity index (χ3v) is 8.14. The molecule has 0 saturated heterocycles. The molecule has 0 aliphatic rings. The van der Waals surface area contributed by atoms with E-state index in [9.17, 15) is 14.4 Å². The predicted octanol–water partition coefficient (Wildman–Crippen LogP) is 6.49. The second-order valence-corrected chi connectivity index (χ2v) is 12.2. The molecule has 210 valence electrons. The summed E-state index contributed by atoms with van der Waals surface area (Å²) >= 11 is 4.02. The van der Waals surface area contributed by atoms with Gasteiger partial charge in [-0.25, -0.2) is 0 Å². The molecule has 1 heterocycles. The van der Waals surface area contributed by atoms with Crippen molar-refractivity contribution in [2.24, 2.45) is 0 Å². The highest BCUT2D eigenvalue weighted by molar-refractivity contribution is 8.00. The van der Waals surface area contributed by atoms with Crippen molar-refractivity contribution in [3.05, 3.63) is 101 Å². The summed E-state index contributed by atoms with van der Waals surface area (Å²) in [6, 6.07) is 23.6. The van der Waals surface area contributed by atoms with Crippen LogP contribution in [0.3, 0.4) is 0 Å². The summed E-state index contributed by atoms with van der Waals surface area (Å²) in [6.07, 6.45) is 1.64. The third-order valence-electron chi connectivity index (χ3n) is 5.57. The van der Waals surface area contributed by atoms with Crippen LogP contribution in [0.15, 0.2) is 94.6 Å². The van der Waals surface area contributed by atoms with Gasteiger partial charge < -0.3 is 10.6 Å². The normalized spacial score (nSPS) is 11.9. The van der Waals surface area contributed by atoms with Gasteiger partial charge in [-0.2, -0.15) is 9.36 Å². The molecule has 1 unspecified atom stereocenters. The molecule has 0 bridgehead atoms. The van der Waals surface area contributed by atoms with E-state index in [2.05, 4.69) is 25.3 Å². The number of benzene rings is 3. The van der Waals surface area contributed by atoms with Gasteiger partial charge in [0.15, 0.2) is 0 Å². The van der Waals surface area contributed by atoms with Crippen LogP contribution in [0.2, 0.25) is 0 Å². The number of aromatic nitrogens is 2. The van der Waals surface area contributed by atoms with Crippen LogP contribution in [0.4, 0.5) is 10.8 Å². The van der Waals surface area contributed by atoms with Crippen molar-refractivity contribution < 1.29 is 14.4 Å². The van der Waals surface area contributed by atoms with Crippen molar-refractivity contribution >= 4 is 69.7 Å². The molecule has 3 amide bonds. The van der Waals surface area contributed by atoms with E-state index in [4.69, 9.17) is 0 Å². The zero-order valence-corrected chi connectivity index (χ0v) is 25.2. The zero-order valence-electron chi connectivity index (χ0n) is 22.7. The van der Waals surface area contributed by atoms with Crippen LogP contribution in [-0.2, 0) is 9.59 Å². The first-order valence-electron chi connectivity index (χ1n) is 12.8. The van der Waals surface area contributed by atoms with Crippen LogP contribution in [0, 0.1) is 6.92 Å². The molecule has 3 N–H and O–H groups in total. The summed E-state index contributed by atoms with van der Waals surface area (Å²) in [5, 5.41) is 9.13. The van der Waals surface area contributed by atoms with Gasteiger partial charge in [-0.05, 0) is 61.6 Å². The Morgan fingerprint density at radius 3 is 2.51 bits per heavy atom. The molecule has 4 rings (SSSR count). The molecule has 4 aromatic rings. The number of thioether (sulfide) groups is 2. The number of rotatable bonds is 11. The first-order valence-corrected chi connectivity index (χ1v) is 15.4. The van der Waals surface area contributed by atoms with Crippen molar-refractivity contribution in [3.63, 3.8) is 0 Å². The van der Waals surface area contributed by atoms with Crippen molar-refractivity contribution in [2.75, 3.05) is 16.4 Å². The zero-order chi connectivity index (χ0) is 29.2. The summed E-state index contributed by atoms with van der Waals surface area (Å²) < 4.78 is 4.22. The second-order valence-electron chi connectivity index (χ2n) is 8.84. The molecule has 0 radical (unpaired) electrons. The molecule has 3 aromatic carbocycles. The highest BCUT2D eigenvalue weighted by Gasteiger charge is 2.18. The summed E-state index contributed by atoms with van der Waals surface area (Å²) in [5.74, 6) is -0.202. The molecule has 11 heteroatoms. The molecule has 1 aromatic heterocycles. The average molecular weight is 604 g/mol. The van der Waals surface area contributed by atoms with Gasteiger partial charge in [0, 0.05) is 27.7 Å². The molecule has 0 aliphatic heterocycles. The fourth-order valence-electron chi connectivity index (χ4n) is 3.63. The SMILES string of the molecule is CCSc1nsc(NC(=O)C(C)Sc2cccc(NC(=O)/C(=C\c3cccc(C)c3)NC(=O)c3ccccc3)c2)n1. The van der Waals surface area contributed by atoms with Gasteiger partial charge >= 0.3 is 0 Å². The van der Waals surface area contributed by atoms with Gasteiger partial charge in [0.1, 0.15) is 5.70 Å². The number of nitrogens with zero attached hydrogens (tertiary/aromatic N) is 2. The van der Waals surface area contributed by atoms with Gasteiger partial charge in [-0.15, -0.1) is 11.8 Å². The van der Waals surface area contributed by atoms with Gasteiger partial charge in [-0.1, -0.05) is 72.8 Å². The predicted molar refractivity (Wildman–Crippen MR) is 168 cm³/mol. The van der Waals surface area contributed by atoms with E-state index < -0.39 is 11.2 Å². The van der Waals surface area contributed by atoms with E-state index in [1.54, 1.807) is 55.5 Å². The van der Waals surface area contributed by atoms with Crippen LogP contribution < -0.4 is 16.0 Å². The monoisotopic (exact) mass is 603 g/mol. The maximum atomic E-state index is 13.4. The van der Waals surface area contributed by atoms with E-state index in [1.165, 1.54) is 23.5 Å². The Morgan fingerprint density at radius 2 is 1.76 bits per heavy atom. The number of hydrogen-bond donors (Lipinski definition) is 3. The molecule has 1 atom stereocenters. The van der Waals surface area contributed by atoms with Crippen molar-refractivity contribution in [1.82, 2.24) is 14.7 Å². The van der Waals surface area contributed by atoms with Crippen molar-refractivity contribution in [3.8, 4) is 0 Å². The van der Waals surface area contributed by atoms with Crippen molar-refractivity contribution in [1.29, 1.82) is 0 Å². The summed E-state index contributed by atoms with van der Waals surface area (Å²) in [5.41, 5.74) is 2.88. The Bertz CT molecular complexity index is 1560. The highest BCUT2D eigenvalue weighted by atomic mass is 32.2. The Hall–Kier alpha value is -3.93. The van der Waals surface area contributed by atoms with Crippen LogP contribution >= 0.6 is 35.1 Å². The second kappa shape index (κ2) is 14.6. The standard InChI is InChI=1S/C30H29N5O3S3/c1-4-39-30-34-29(41-35-30)33-26(36)20(3)40-24-15-9-14-23(18-24)31-28(38)25(17-21-11-8-10-19(2)16-21)32-27(37)22-12-6-5-7-13-22/h5-18,20H,4H2,1-3H3,(H,31,38)(H,32,37)(H,33,34,35,36)/b25-17+. The lowest BCUT2D eigenvalue weighted by molar-refractivity contribution is -0.115. The lowest BCUT2D eigenvalue weighted by Gasteiger charge is -2.13. The topological polar surface area (TPSA) is 113 Å². The number of carbonyl (C=O) groups excluding carboxylic acids is 3. The van der Waals surface area contributed by atoms with E-state index in [1.807, 2.05) is 50.2 Å². The Balaban J connectivity index is 1.45. The van der Waals surface area contributed by atoms with Gasteiger partial charge in [0.25, 0.3) is 11.8 Å². The van der Waals surface area contributed by atoms with Gasteiger partial charge in [-0.3, -0.25) is 19.7 Å². The van der Waals surface area contributed by atoms with E-state index >= 15 is 0 Å². The molecule has 0 fully saturated rings. The first-order chi connectivity index (χ1) is 19.8. The van der Waals surface area contributed by atoms with Crippen LogP contribution in [-0.4, -0.2) is 38.1 Å². The molecule has 41 heavy (non-hydrogen) atoms. The van der Waals surface area contributed by atoms with E-state index in [0.29, 0.717) is 21.5 Å². The molecule has 0 aliphatic carbocycles. The quantitative estimate of drug-likeness (QED) is 0.133. The minimum absolute atomic E-state index is 0.105. The molecule has 8 nitrogen and oxygen atoms in total. The third kappa shape index (κ3) is 9.04. The maximum Gasteiger partial charge on any atom is 0.272 e. The summed E-state index contributed by atoms with van der Waals surface area (Å²) in [4.78, 5) is 44.1. The smallest absolute Gasteiger partial charge is 0.272 e. The molecule has 0 saturated carbocycles. The molecular weight excluding hydrogens is 575 g/mol. The lowest BCUT2D eigenvalue weighted by atomic mass is 10.1. The fraction of sp³-hybridized carbons (Fsp3) is 0.167. The lowest BCUT2D eigenvalue weighted by Crippen LogP contribution is -2.30. The number of amides is 3. The number of aryl methyl sites for hydroxylation is 1. The fourth-order valence-corrected chi connectivity index (χ4v) is 5.83. The number of nitrogens with one attached hydrogen (secondary N) is 3. The Labute approximate surface area is 251 Å².